The Morgan fingerprint density at radius 2 is 1.44 bits per heavy atom. The van der Waals surface area contributed by atoms with Gasteiger partial charge in [-0.05, 0) is 63.0 Å². The molecule has 1 aromatic carbocycles. The Balaban J connectivity index is 1.98. The van der Waals surface area contributed by atoms with Gasteiger partial charge in [0.15, 0.2) is 0 Å². The van der Waals surface area contributed by atoms with Gasteiger partial charge in [-0.2, -0.15) is 11.8 Å². The molecule has 3 rings (SSSR count). The molecule has 15 heteroatoms. The Hall–Kier alpha value is -4.14. The number of benzene rings is 1. The van der Waals surface area contributed by atoms with Crippen LogP contribution in [0.15, 0.2) is 30.3 Å². The molecule has 2 heterocycles. The number of piperidine rings is 1. The van der Waals surface area contributed by atoms with Gasteiger partial charge in [-0.25, -0.2) is 0 Å². The van der Waals surface area contributed by atoms with Gasteiger partial charge in [-0.1, -0.05) is 44.2 Å². The van der Waals surface area contributed by atoms with E-state index in [2.05, 4.69) is 26.6 Å². The van der Waals surface area contributed by atoms with Crippen molar-refractivity contribution >= 4 is 53.1 Å². The molecule has 2 aliphatic rings. The van der Waals surface area contributed by atoms with Crippen molar-refractivity contribution < 1.29 is 33.6 Å². The third kappa shape index (κ3) is 12.0. The molecule has 276 valence electrons. The third-order valence-electron chi connectivity index (χ3n) is 9.06. The van der Waals surface area contributed by atoms with Crippen LogP contribution in [0.3, 0.4) is 0 Å². The van der Waals surface area contributed by atoms with E-state index in [1.54, 1.807) is 18.7 Å². The van der Waals surface area contributed by atoms with E-state index < -0.39 is 65.7 Å². The van der Waals surface area contributed by atoms with Crippen molar-refractivity contribution in [1.29, 1.82) is 0 Å². The van der Waals surface area contributed by atoms with Crippen LogP contribution in [0.5, 0.6) is 0 Å². The molecule has 2 saturated heterocycles. The van der Waals surface area contributed by atoms with Gasteiger partial charge in [0.05, 0.1) is 12.6 Å². The lowest BCUT2D eigenvalue weighted by atomic mass is 9.94. The van der Waals surface area contributed by atoms with E-state index in [1.165, 1.54) is 37.4 Å². The number of nitrogens with zero attached hydrogens (tertiary/aromatic N) is 2. The summed E-state index contributed by atoms with van der Waals surface area (Å²) >= 11 is 1.50. The first-order valence-electron chi connectivity index (χ1n) is 17.3. The molecule has 7 amide bonds. The zero-order valence-corrected chi connectivity index (χ0v) is 30.8. The number of rotatable bonds is 7. The van der Waals surface area contributed by atoms with Gasteiger partial charge < -0.3 is 36.4 Å². The second kappa shape index (κ2) is 19.3. The van der Waals surface area contributed by atoms with Gasteiger partial charge in [0.1, 0.15) is 24.2 Å². The number of thioether (sulfide) groups is 1. The summed E-state index contributed by atoms with van der Waals surface area (Å²) in [6.45, 7) is 8.41. The molecule has 2 aliphatic heterocycles. The summed E-state index contributed by atoms with van der Waals surface area (Å²) in [7, 11) is 0. The summed E-state index contributed by atoms with van der Waals surface area (Å²) < 4.78 is 0. The molecule has 0 aliphatic carbocycles. The highest BCUT2D eigenvalue weighted by Gasteiger charge is 2.35. The number of hydrogen-bond donors (Lipinski definition) is 5. The van der Waals surface area contributed by atoms with Crippen LogP contribution < -0.4 is 26.6 Å². The maximum absolute atomic E-state index is 14.1. The molecule has 5 N–H and O–H groups in total. The van der Waals surface area contributed by atoms with Crippen molar-refractivity contribution in [1.82, 2.24) is 36.4 Å². The largest absolute Gasteiger partial charge is 0.349 e. The highest BCUT2D eigenvalue weighted by Crippen LogP contribution is 2.21. The van der Waals surface area contributed by atoms with Crippen molar-refractivity contribution in [2.75, 3.05) is 38.2 Å². The lowest BCUT2D eigenvalue weighted by molar-refractivity contribution is -0.143. The first kappa shape index (κ1) is 40.3. The normalized spacial score (nSPS) is 25.4. The second-order valence-corrected chi connectivity index (χ2v) is 14.5. The van der Waals surface area contributed by atoms with Crippen LogP contribution in [-0.4, -0.2) is 120 Å². The molecule has 14 nitrogen and oxygen atoms in total. The molecule has 50 heavy (non-hydrogen) atoms. The van der Waals surface area contributed by atoms with Gasteiger partial charge in [0, 0.05) is 32.5 Å². The summed E-state index contributed by atoms with van der Waals surface area (Å²) in [5.41, 5.74) is 0.882. The molecule has 5 atom stereocenters. The van der Waals surface area contributed by atoms with Crippen LogP contribution in [0.4, 0.5) is 0 Å². The number of amides is 7. The predicted octanol–water partition coefficient (Wildman–Crippen LogP) is 0.203. The van der Waals surface area contributed by atoms with Crippen LogP contribution in [0.2, 0.25) is 0 Å². The van der Waals surface area contributed by atoms with E-state index in [9.17, 15) is 33.6 Å². The molecule has 1 aromatic rings. The minimum absolute atomic E-state index is 0.0249. The standard InChI is InChI=1S/C35H53N7O7S/c1-21(2)30-34(48)39-28(14-17-50-6)33(47)37-23(4)31(45)38-27(18-25-10-8-7-9-11-25)19-42(20-29(44)36-22(3)32(46)40-30)35(49)26-12-15-41(16-13-26)24(5)43/h7-11,21-23,26-28,30H,12-20H2,1-6H3,(H,36,44)(H,37,47)(H,38,45)(H,39,48)(H,40,46)/t22-,23+,27-,28+,30+/m1/s1. The van der Waals surface area contributed by atoms with Crippen molar-refractivity contribution in [3.8, 4) is 0 Å². The van der Waals surface area contributed by atoms with Crippen LogP contribution in [0, 0.1) is 11.8 Å². The fourth-order valence-electron chi connectivity index (χ4n) is 6.07. The molecule has 0 aromatic heterocycles. The molecule has 0 saturated carbocycles. The highest BCUT2D eigenvalue weighted by atomic mass is 32.2. The van der Waals surface area contributed by atoms with Crippen LogP contribution in [-0.2, 0) is 40.0 Å². The number of carbonyl (C=O) groups excluding carboxylic acids is 7. The van der Waals surface area contributed by atoms with Gasteiger partial charge in [0.2, 0.25) is 41.4 Å². The zero-order chi connectivity index (χ0) is 37.0. The molecular weight excluding hydrogens is 662 g/mol. The monoisotopic (exact) mass is 715 g/mol. The number of nitrogens with one attached hydrogen (secondary N) is 5. The summed E-state index contributed by atoms with van der Waals surface area (Å²) in [6.07, 6.45) is 3.33. The average molecular weight is 716 g/mol. The maximum atomic E-state index is 14.1. The van der Waals surface area contributed by atoms with E-state index >= 15 is 0 Å². The van der Waals surface area contributed by atoms with E-state index in [4.69, 9.17) is 0 Å². The molecule has 0 spiro atoms. The Labute approximate surface area is 299 Å². The molecule has 0 radical (unpaired) electrons. The van der Waals surface area contributed by atoms with Crippen molar-refractivity contribution in [2.45, 2.75) is 90.5 Å². The Bertz CT molecular complexity index is 1370. The van der Waals surface area contributed by atoms with Crippen LogP contribution in [0.1, 0.15) is 59.4 Å². The lowest BCUT2D eigenvalue weighted by Crippen LogP contribution is -2.60. The molecule has 0 unspecified atom stereocenters. The number of hydrogen-bond acceptors (Lipinski definition) is 8. The number of likely N-dealkylation sites (tertiary alicyclic amines) is 1. The fourth-order valence-corrected chi connectivity index (χ4v) is 6.54. The first-order valence-corrected chi connectivity index (χ1v) is 18.7. The Morgan fingerprint density at radius 1 is 0.820 bits per heavy atom. The van der Waals surface area contributed by atoms with Gasteiger partial charge in [0.25, 0.3) is 0 Å². The van der Waals surface area contributed by atoms with E-state index in [0.717, 1.165) is 5.56 Å². The minimum Gasteiger partial charge on any atom is -0.349 e. The first-order chi connectivity index (χ1) is 23.7. The second-order valence-electron chi connectivity index (χ2n) is 13.5. The van der Waals surface area contributed by atoms with E-state index in [0.29, 0.717) is 38.1 Å². The predicted molar refractivity (Wildman–Crippen MR) is 191 cm³/mol. The minimum atomic E-state index is -1.05. The van der Waals surface area contributed by atoms with Gasteiger partial charge in [-0.15, -0.1) is 0 Å². The summed E-state index contributed by atoms with van der Waals surface area (Å²) in [6, 6.07) is 4.68. The molecular formula is C35H53N7O7S. The maximum Gasteiger partial charge on any atom is 0.243 e. The van der Waals surface area contributed by atoms with Crippen molar-refractivity contribution in [3.63, 3.8) is 0 Å². The smallest absolute Gasteiger partial charge is 0.243 e. The average Bonchev–Trinajstić information content (AvgIpc) is 3.07. The fraction of sp³-hybridized carbons (Fsp3) is 0.629. The van der Waals surface area contributed by atoms with Crippen LogP contribution in [0.25, 0.3) is 0 Å². The van der Waals surface area contributed by atoms with Crippen molar-refractivity contribution in [3.05, 3.63) is 35.9 Å². The SMILES string of the molecule is CSCC[C@@H]1NC(=O)[C@H](C(C)C)NC(=O)[C@@H](C)NC(=O)CN(C(=O)C2CCN(C(C)=O)CC2)C[C@@H](Cc2ccccc2)NC(=O)[C@H](C)NC1=O. The quantitative estimate of drug-likeness (QED) is 0.265. The van der Waals surface area contributed by atoms with Crippen molar-refractivity contribution in [2.24, 2.45) is 11.8 Å². The topological polar surface area (TPSA) is 186 Å². The van der Waals surface area contributed by atoms with Crippen LogP contribution >= 0.6 is 11.8 Å². The molecule has 0 bridgehead atoms. The summed E-state index contributed by atoms with van der Waals surface area (Å²) in [5, 5.41) is 13.8. The lowest BCUT2D eigenvalue weighted by Gasteiger charge is -2.35. The number of carbonyl (C=O) groups is 7. The van der Waals surface area contributed by atoms with Gasteiger partial charge >= 0.3 is 0 Å². The van der Waals surface area contributed by atoms with Gasteiger partial charge in [-0.3, -0.25) is 33.6 Å². The van der Waals surface area contributed by atoms with E-state index in [1.807, 2.05) is 36.6 Å². The summed E-state index contributed by atoms with van der Waals surface area (Å²) in [5.74, 6) is -3.42. The zero-order valence-electron chi connectivity index (χ0n) is 30.0. The summed E-state index contributed by atoms with van der Waals surface area (Å²) in [4.78, 5) is 96.3. The Morgan fingerprint density at radius 3 is 2.04 bits per heavy atom. The third-order valence-corrected chi connectivity index (χ3v) is 9.71. The Kier molecular flexibility index (Phi) is 15.6. The molecule has 2 fully saturated rings. The highest BCUT2D eigenvalue weighted by molar-refractivity contribution is 7.98. The van der Waals surface area contributed by atoms with E-state index in [-0.39, 0.29) is 37.2 Å².